The molecule has 30 heteroatoms. The normalized spacial score (nSPS) is 21.1. The first-order chi connectivity index (χ1) is 27.9. The molecule has 60 heavy (non-hydrogen) atoms. The highest BCUT2D eigenvalue weighted by atomic mass is 32.2. The van der Waals surface area contributed by atoms with Crippen molar-refractivity contribution in [3.8, 4) is 11.5 Å². The predicted octanol–water partition coefficient (Wildman–Crippen LogP) is -0.211. The van der Waals surface area contributed by atoms with Crippen molar-refractivity contribution >= 4 is 75.2 Å². The van der Waals surface area contributed by atoms with Gasteiger partial charge in [0.05, 0.1) is 19.5 Å². The summed E-state index contributed by atoms with van der Waals surface area (Å²) in [5.41, 5.74) is 4.68. The maximum absolute atomic E-state index is 12.7. The quantitative estimate of drug-likeness (QED) is 0.0285. The van der Waals surface area contributed by atoms with Crippen LogP contribution in [0, 0.1) is 5.41 Å². The molecule has 2 amide bonds. The van der Waals surface area contributed by atoms with Gasteiger partial charge in [-0.1, -0.05) is 37.8 Å². The van der Waals surface area contributed by atoms with Gasteiger partial charge in [0.15, 0.2) is 29.2 Å². The number of fused-ring (bicyclic) bond motifs is 1. The first-order valence-corrected chi connectivity index (χ1v) is 22.6. The SMILES string of the molecule is CC(C)(COP(=O)(O)OP(=O)(O)OCC1OC(n2cnc3c(N)ncnc32)C(O)C1OP(=O)(O)O)C(O)C(=O)NCCC(=O)NCCSC(=O)/C=C/c1ccc(O)c(O)c1. The fourth-order valence-electron chi connectivity index (χ4n) is 5.14. The van der Waals surface area contributed by atoms with Crippen molar-refractivity contribution in [2.75, 3.05) is 37.8 Å². The maximum Gasteiger partial charge on any atom is 0.481 e. The molecule has 7 unspecified atom stereocenters. The Bertz CT molecular complexity index is 2210. The number of phosphoric ester groups is 3. The lowest BCUT2D eigenvalue weighted by molar-refractivity contribution is -0.137. The molecule has 4 rings (SSSR count). The summed E-state index contributed by atoms with van der Waals surface area (Å²) in [6, 6.07) is 4.02. The zero-order chi connectivity index (χ0) is 44.6. The Kier molecular flexibility index (Phi) is 16.5. The standard InChI is InChI=1S/C30H42N7O19P3S/c1-30(2,25(43)28(44)33-8-7-20(40)32-9-10-60-21(41)6-4-16-3-5-17(38)18(39)11-16)13-53-59(50,51)56-58(48,49)52-12-19-24(55-57(45,46)47)23(42)29(54-19)37-15-36-22-26(31)34-14-35-27(22)37/h3-6,11,14-15,19,23-25,29,38-39,42-43H,7-10,12-13H2,1-2H3,(H,32,40)(H,33,44)(H,48,49)(H,50,51)(H2,31,34,35)(H2,45,46,47)/b6-4+. The summed E-state index contributed by atoms with van der Waals surface area (Å²) >= 11 is 0.898. The maximum atomic E-state index is 12.7. The van der Waals surface area contributed by atoms with E-state index in [1.807, 2.05) is 0 Å². The van der Waals surface area contributed by atoms with Crippen molar-refractivity contribution in [3.05, 3.63) is 42.5 Å². The number of nitrogens with zero attached hydrogens (tertiary/aromatic N) is 4. The molecular weight excluding hydrogens is 887 g/mol. The summed E-state index contributed by atoms with van der Waals surface area (Å²) in [5.74, 6) is -2.01. The second kappa shape index (κ2) is 20.3. The fourth-order valence-corrected chi connectivity index (χ4v) is 8.54. The third kappa shape index (κ3) is 14.1. The van der Waals surface area contributed by atoms with Crippen LogP contribution in [-0.2, 0) is 50.7 Å². The minimum Gasteiger partial charge on any atom is -0.504 e. The number of aliphatic hydroxyl groups excluding tert-OH is 2. The first-order valence-electron chi connectivity index (χ1n) is 17.1. The van der Waals surface area contributed by atoms with E-state index in [2.05, 4.69) is 34.4 Å². The molecule has 12 N–H and O–H groups in total. The van der Waals surface area contributed by atoms with Gasteiger partial charge in [0.1, 0.15) is 36.3 Å². The summed E-state index contributed by atoms with van der Waals surface area (Å²) < 4.78 is 62.1. The zero-order valence-electron chi connectivity index (χ0n) is 31.4. The molecule has 2 aromatic heterocycles. The minimum absolute atomic E-state index is 0.0199. The molecule has 1 fully saturated rings. The number of imidazole rings is 1. The van der Waals surface area contributed by atoms with E-state index >= 15 is 0 Å². The van der Waals surface area contributed by atoms with Crippen LogP contribution in [-0.4, -0.2) is 133 Å². The number of phosphoric acid groups is 3. The van der Waals surface area contributed by atoms with Gasteiger partial charge < -0.3 is 61.1 Å². The van der Waals surface area contributed by atoms with Gasteiger partial charge in [-0.3, -0.25) is 32.5 Å². The third-order valence-corrected chi connectivity index (χ3v) is 12.1. The Morgan fingerprint density at radius 2 is 1.73 bits per heavy atom. The van der Waals surface area contributed by atoms with E-state index in [-0.39, 0.29) is 58.9 Å². The number of aliphatic hydroxyl groups is 2. The van der Waals surface area contributed by atoms with Gasteiger partial charge in [0.2, 0.25) is 16.9 Å². The molecule has 3 heterocycles. The summed E-state index contributed by atoms with van der Waals surface area (Å²) in [5, 5.41) is 44.8. The van der Waals surface area contributed by atoms with Crippen molar-refractivity contribution in [2.24, 2.45) is 5.41 Å². The largest absolute Gasteiger partial charge is 0.504 e. The molecule has 3 aromatic rings. The molecule has 332 valence electrons. The highest BCUT2D eigenvalue weighted by molar-refractivity contribution is 8.14. The van der Waals surface area contributed by atoms with E-state index in [0.717, 1.165) is 29.0 Å². The van der Waals surface area contributed by atoms with Crippen LogP contribution in [0.5, 0.6) is 11.5 Å². The van der Waals surface area contributed by atoms with Crippen LogP contribution >= 0.6 is 35.2 Å². The van der Waals surface area contributed by atoms with E-state index < -0.39 is 84.6 Å². The minimum atomic E-state index is -5.59. The number of anilines is 1. The van der Waals surface area contributed by atoms with Crippen molar-refractivity contribution in [3.63, 3.8) is 0 Å². The van der Waals surface area contributed by atoms with Crippen molar-refractivity contribution in [2.45, 2.75) is 50.9 Å². The number of carbonyl (C=O) groups is 3. The average Bonchev–Trinajstić information content (AvgIpc) is 3.71. The van der Waals surface area contributed by atoms with E-state index in [4.69, 9.17) is 19.5 Å². The number of aromatic hydroxyl groups is 2. The lowest BCUT2D eigenvalue weighted by Gasteiger charge is -2.30. The number of thioether (sulfide) groups is 1. The Morgan fingerprint density at radius 3 is 2.42 bits per heavy atom. The van der Waals surface area contributed by atoms with Crippen molar-refractivity contribution in [1.82, 2.24) is 30.2 Å². The molecule has 26 nitrogen and oxygen atoms in total. The molecule has 1 aromatic carbocycles. The molecule has 1 aliphatic rings. The molecular formula is C30H42N7O19P3S. The number of nitrogens with one attached hydrogen (secondary N) is 2. The Balaban J connectivity index is 1.20. The lowest BCUT2D eigenvalue weighted by atomic mass is 9.87. The summed E-state index contributed by atoms with van der Waals surface area (Å²) in [6.07, 6.45) is -4.40. The van der Waals surface area contributed by atoms with E-state index in [9.17, 15) is 68.1 Å². The van der Waals surface area contributed by atoms with E-state index in [0.29, 0.717) is 5.56 Å². The topological polar surface area (TPSA) is 404 Å². The monoisotopic (exact) mass is 929 g/mol. The number of carbonyl (C=O) groups excluding carboxylic acids is 3. The number of aromatic nitrogens is 4. The number of nitrogens with two attached hydrogens (primary N) is 1. The molecule has 0 radical (unpaired) electrons. The number of phenols is 2. The molecule has 0 bridgehead atoms. The summed E-state index contributed by atoms with van der Waals surface area (Å²) in [7, 11) is -16.5. The first kappa shape index (κ1) is 48.8. The number of phenolic OH excluding ortho intramolecular Hbond substituents is 2. The fraction of sp³-hybridized carbons (Fsp3) is 0.467. The number of benzene rings is 1. The van der Waals surface area contributed by atoms with Gasteiger partial charge in [0, 0.05) is 30.7 Å². The van der Waals surface area contributed by atoms with Gasteiger partial charge in [-0.15, -0.1) is 0 Å². The van der Waals surface area contributed by atoms with Gasteiger partial charge in [-0.05, 0) is 23.8 Å². The Hall–Kier alpha value is -3.88. The Morgan fingerprint density at radius 1 is 1.03 bits per heavy atom. The molecule has 0 saturated carbocycles. The summed E-state index contributed by atoms with van der Waals surface area (Å²) in [4.78, 5) is 87.7. The number of ether oxygens (including phenoxy) is 1. The second-order valence-electron chi connectivity index (χ2n) is 13.3. The zero-order valence-corrected chi connectivity index (χ0v) is 34.9. The predicted molar refractivity (Wildman–Crippen MR) is 206 cm³/mol. The molecule has 0 spiro atoms. The van der Waals surface area contributed by atoms with Gasteiger partial charge in [0.25, 0.3) is 0 Å². The number of nitrogen functional groups attached to an aromatic ring is 1. The molecule has 0 aliphatic carbocycles. The molecule has 7 atom stereocenters. The van der Waals surface area contributed by atoms with Gasteiger partial charge >= 0.3 is 23.5 Å². The van der Waals surface area contributed by atoms with E-state index in [1.165, 1.54) is 44.2 Å². The molecule has 1 saturated heterocycles. The van der Waals surface area contributed by atoms with Gasteiger partial charge in [-0.2, -0.15) is 4.31 Å². The van der Waals surface area contributed by atoms with Gasteiger partial charge in [-0.25, -0.2) is 28.6 Å². The Labute approximate surface area is 343 Å². The van der Waals surface area contributed by atoms with Crippen LogP contribution in [0.3, 0.4) is 0 Å². The van der Waals surface area contributed by atoms with Crippen LogP contribution in [0.25, 0.3) is 17.2 Å². The third-order valence-electron chi connectivity index (χ3n) is 8.16. The lowest BCUT2D eigenvalue weighted by Crippen LogP contribution is -2.46. The summed E-state index contributed by atoms with van der Waals surface area (Å²) in [6.45, 7) is 0.245. The van der Waals surface area contributed by atoms with Crippen LogP contribution in [0.2, 0.25) is 0 Å². The average molecular weight is 930 g/mol. The van der Waals surface area contributed by atoms with E-state index in [1.54, 1.807) is 0 Å². The van der Waals surface area contributed by atoms with Crippen molar-refractivity contribution < 1.29 is 90.7 Å². The smallest absolute Gasteiger partial charge is 0.481 e. The number of rotatable bonds is 21. The number of hydrogen-bond donors (Lipinski definition) is 11. The highest BCUT2D eigenvalue weighted by Gasteiger charge is 2.50. The van der Waals surface area contributed by atoms with Crippen LogP contribution < -0.4 is 16.4 Å². The molecule has 1 aliphatic heterocycles. The van der Waals surface area contributed by atoms with Crippen LogP contribution in [0.15, 0.2) is 36.9 Å². The second-order valence-corrected chi connectivity index (χ2v) is 18.7. The van der Waals surface area contributed by atoms with Crippen molar-refractivity contribution in [1.29, 1.82) is 0 Å². The van der Waals surface area contributed by atoms with Crippen LogP contribution in [0.4, 0.5) is 5.82 Å². The number of amides is 2. The van der Waals surface area contributed by atoms with Crippen LogP contribution in [0.1, 0.15) is 32.1 Å². The number of hydrogen-bond acceptors (Lipinski definition) is 20. The highest BCUT2D eigenvalue weighted by Crippen LogP contribution is 2.61.